The van der Waals surface area contributed by atoms with Crippen LogP contribution in [-0.2, 0) is 0 Å². The normalized spacial score (nSPS) is 20.5. The molecule has 1 saturated heterocycles. The van der Waals surface area contributed by atoms with Crippen molar-refractivity contribution in [2.24, 2.45) is 5.92 Å². The molecule has 7 heteroatoms. The fourth-order valence-electron chi connectivity index (χ4n) is 2.70. The summed E-state index contributed by atoms with van der Waals surface area (Å²) in [6.07, 6.45) is -4.21. The molecule has 1 aromatic carbocycles. The van der Waals surface area contributed by atoms with E-state index < -0.39 is 30.3 Å². The number of benzene rings is 1. The smallest absolute Gasteiger partial charge is 0.371 e. The Bertz CT molecular complexity index is 503. The van der Waals surface area contributed by atoms with Crippen LogP contribution >= 0.6 is 0 Å². The summed E-state index contributed by atoms with van der Waals surface area (Å²) >= 11 is 0. The standard InChI is InChI=1S/C15H19F5N2/c1-10(7-15(18,19)20)21-8-11-4-5-22(9-11)12-2-3-13(16)14(17)6-12/h2-3,6,10-11,21H,4-5,7-9H2,1H3/t10-,11-/m0/s1. The molecule has 0 aromatic heterocycles. The zero-order valence-corrected chi connectivity index (χ0v) is 12.3. The number of hydrogen-bond donors (Lipinski definition) is 1. The van der Waals surface area contributed by atoms with E-state index in [1.165, 1.54) is 13.0 Å². The topological polar surface area (TPSA) is 15.3 Å². The van der Waals surface area contributed by atoms with Crippen LogP contribution in [0.3, 0.4) is 0 Å². The van der Waals surface area contributed by atoms with Gasteiger partial charge >= 0.3 is 6.18 Å². The first-order valence-electron chi connectivity index (χ1n) is 7.25. The predicted octanol–water partition coefficient (Wildman–Crippen LogP) is 3.72. The molecule has 1 N–H and O–H groups in total. The van der Waals surface area contributed by atoms with Gasteiger partial charge < -0.3 is 10.2 Å². The third kappa shape index (κ3) is 4.83. The molecule has 1 aromatic rings. The number of halogens is 5. The molecular formula is C15H19F5N2. The van der Waals surface area contributed by atoms with Crippen LogP contribution in [0.25, 0.3) is 0 Å². The van der Waals surface area contributed by atoms with Crippen molar-refractivity contribution in [1.29, 1.82) is 0 Å². The molecule has 1 aliphatic rings. The second-order valence-corrected chi connectivity index (χ2v) is 5.83. The van der Waals surface area contributed by atoms with Gasteiger partial charge in [0.2, 0.25) is 0 Å². The Morgan fingerprint density at radius 2 is 2.00 bits per heavy atom. The summed E-state index contributed by atoms with van der Waals surface area (Å²) in [6.45, 7) is 3.30. The number of hydrogen-bond acceptors (Lipinski definition) is 2. The van der Waals surface area contributed by atoms with E-state index in [9.17, 15) is 22.0 Å². The molecule has 2 rings (SSSR count). The van der Waals surface area contributed by atoms with Gasteiger partial charge in [0.25, 0.3) is 0 Å². The van der Waals surface area contributed by atoms with E-state index in [0.717, 1.165) is 18.6 Å². The first-order chi connectivity index (χ1) is 10.2. The molecule has 0 radical (unpaired) electrons. The maximum atomic E-state index is 13.2. The van der Waals surface area contributed by atoms with Gasteiger partial charge in [-0.25, -0.2) is 8.78 Å². The Morgan fingerprint density at radius 3 is 2.64 bits per heavy atom. The van der Waals surface area contributed by atoms with Crippen LogP contribution in [0.1, 0.15) is 19.8 Å². The molecule has 22 heavy (non-hydrogen) atoms. The fourth-order valence-corrected chi connectivity index (χ4v) is 2.70. The van der Waals surface area contributed by atoms with Crippen molar-refractivity contribution in [3.8, 4) is 0 Å². The third-order valence-corrected chi connectivity index (χ3v) is 3.85. The second-order valence-electron chi connectivity index (χ2n) is 5.83. The summed E-state index contributed by atoms with van der Waals surface area (Å²) in [7, 11) is 0. The van der Waals surface area contributed by atoms with Crippen LogP contribution in [0, 0.1) is 17.6 Å². The SMILES string of the molecule is C[C@@H](CC(F)(F)F)NC[C@@H]1CCN(c2ccc(F)c(F)c2)C1. The molecule has 1 aliphatic heterocycles. The van der Waals surface area contributed by atoms with E-state index >= 15 is 0 Å². The molecule has 0 aliphatic carbocycles. The molecular weight excluding hydrogens is 303 g/mol. The highest BCUT2D eigenvalue weighted by molar-refractivity contribution is 5.47. The first kappa shape index (κ1) is 17.0. The molecule has 0 bridgehead atoms. The van der Waals surface area contributed by atoms with Crippen molar-refractivity contribution in [2.75, 3.05) is 24.5 Å². The lowest BCUT2D eigenvalue weighted by molar-refractivity contribution is -0.139. The molecule has 0 saturated carbocycles. The molecule has 0 spiro atoms. The highest BCUT2D eigenvalue weighted by atomic mass is 19.4. The Kier molecular flexibility index (Phi) is 5.26. The first-order valence-corrected chi connectivity index (χ1v) is 7.25. The number of rotatable bonds is 5. The minimum atomic E-state index is -4.17. The summed E-state index contributed by atoms with van der Waals surface area (Å²) in [6, 6.07) is 3.12. The van der Waals surface area contributed by atoms with Crippen molar-refractivity contribution in [3.05, 3.63) is 29.8 Å². The van der Waals surface area contributed by atoms with Crippen LogP contribution in [0.4, 0.5) is 27.6 Å². The number of nitrogens with one attached hydrogen (secondary N) is 1. The van der Waals surface area contributed by atoms with Crippen molar-refractivity contribution in [1.82, 2.24) is 5.32 Å². The molecule has 1 heterocycles. The molecule has 1 fully saturated rings. The van der Waals surface area contributed by atoms with Crippen molar-refractivity contribution in [3.63, 3.8) is 0 Å². The quantitative estimate of drug-likeness (QED) is 0.831. The number of alkyl halides is 3. The molecule has 124 valence electrons. The van der Waals surface area contributed by atoms with Crippen molar-refractivity contribution < 1.29 is 22.0 Å². The van der Waals surface area contributed by atoms with Crippen molar-refractivity contribution >= 4 is 5.69 Å². The van der Waals surface area contributed by atoms with Gasteiger partial charge in [-0.3, -0.25) is 0 Å². The van der Waals surface area contributed by atoms with E-state index in [4.69, 9.17) is 0 Å². The number of nitrogens with zero attached hydrogens (tertiary/aromatic N) is 1. The average Bonchev–Trinajstić information content (AvgIpc) is 2.86. The summed E-state index contributed by atoms with van der Waals surface area (Å²) in [5.74, 6) is -1.58. The Morgan fingerprint density at radius 1 is 1.27 bits per heavy atom. The molecule has 0 amide bonds. The largest absolute Gasteiger partial charge is 0.390 e. The van der Waals surface area contributed by atoms with E-state index in [2.05, 4.69) is 5.32 Å². The highest BCUT2D eigenvalue weighted by Gasteiger charge is 2.30. The predicted molar refractivity (Wildman–Crippen MR) is 74.8 cm³/mol. The van der Waals surface area contributed by atoms with Gasteiger partial charge in [-0.05, 0) is 37.9 Å². The average molecular weight is 322 g/mol. The van der Waals surface area contributed by atoms with Gasteiger partial charge in [0, 0.05) is 30.9 Å². The van der Waals surface area contributed by atoms with Crippen LogP contribution in [-0.4, -0.2) is 31.9 Å². The minimum absolute atomic E-state index is 0.198. The fraction of sp³-hybridized carbons (Fsp3) is 0.600. The molecule has 0 unspecified atom stereocenters. The van der Waals surface area contributed by atoms with Crippen LogP contribution in [0.5, 0.6) is 0 Å². The Hall–Kier alpha value is -1.37. The maximum Gasteiger partial charge on any atom is 0.390 e. The lowest BCUT2D eigenvalue weighted by atomic mass is 10.1. The van der Waals surface area contributed by atoms with Crippen LogP contribution < -0.4 is 10.2 Å². The summed E-state index contributed by atoms with van der Waals surface area (Å²) in [4.78, 5) is 1.92. The van der Waals surface area contributed by atoms with Crippen LogP contribution in [0.2, 0.25) is 0 Å². The molecule has 2 nitrogen and oxygen atoms in total. The highest BCUT2D eigenvalue weighted by Crippen LogP contribution is 2.26. The lowest BCUT2D eigenvalue weighted by Crippen LogP contribution is -2.35. The van der Waals surface area contributed by atoms with Gasteiger partial charge in [0.1, 0.15) is 0 Å². The lowest BCUT2D eigenvalue weighted by Gasteiger charge is -2.20. The second kappa shape index (κ2) is 6.81. The van der Waals surface area contributed by atoms with E-state index in [1.54, 1.807) is 0 Å². The molecule has 2 atom stereocenters. The number of anilines is 1. The monoisotopic (exact) mass is 322 g/mol. The zero-order chi connectivity index (χ0) is 16.3. The summed E-state index contributed by atoms with van der Waals surface area (Å²) in [5.41, 5.74) is 0.602. The van der Waals surface area contributed by atoms with Gasteiger partial charge in [-0.15, -0.1) is 0 Å². The Balaban J connectivity index is 1.81. The van der Waals surface area contributed by atoms with Crippen LogP contribution in [0.15, 0.2) is 18.2 Å². The summed E-state index contributed by atoms with van der Waals surface area (Å²) < 4.78 is 62.9. The summed E-state index contributed by atoms with van der Waals surface area (Å²) in [5, 5.41) is 2.89. The van der Waals surface area contributed by atoms with Gasteiger partial charge in [0.05, 0.1) is 6.42 Å². The van der Waals surface area contributed by atoms with Gasteiger partial charge in [0.15, 0.2) is 11.6 Å². The van der Waals surface area contributed by atoms with Crippen molar-refractivity contribution in [2.45, 2.75) is 32.0 Å². The Labute approximate surface area is 126 Å². The maximum absolute atomic E-state index is 13.2. The van der Waals surface area contributed by atoms with Gasteiger partial charge in [-0.1, -0.05) is 0 Å². The van der Waals surface area contributed by atoms with E-state index in [0.29, 0.717) is 25.3 Å². The zero-order valence-electron chi connectivity index (χ0n) is 12.3. The van der Waals surface area contributed by atoms with E-state index in [1.807, 2.05) is 4.90 Å². The third-order valence-electron chi connectivity index (χ3n) is 3.85. The minimum Gasteiger partial charge on any atom is -0.371 e. The van der Waals surface area contributed by atoms with Gasteiger partial charge in [-0.2, -0.15) is 13.2 Å². The van der Waals surface area contributed by atoms with E-state index in [-0.39, 0.29) is 5.92 Å².